The van der Waals surface area contributed by atoms with E-state index < -0.39 is 22.5 Å². The van der Waals surface area contributed by atoms with Crippen LogP contribution in [0.4, 0.5) is 4.39 Å². The maximum absolute atomic E-state index is 10.9. The van der Waals surface area contributed by atoms with Crippen molar-refractivity contribution in [2.75, 3.05) is 12.4 Å². The molecule has 0 rings (SSSR count). The van der Waals surface area contributed by atoms with Gasteiger partial charge in [-0.2, -0.15) is 0 Å². The zero-order chi connectivity index (χ0) is 5.91. The molecule has 3 nitrogen and oxygen atoms in total. The second kappa shape index (κ2) is 4.69. The summed E-state index contributed by atoms with van der Waals surface area (Å²) >= 11 is 0. The van der Waals surface area contributed by atoms with Gasteiger partial charge in [-0.15, -0.1) is 0 Å². The van der Waals surface area contributed by atoms with Gasteiger partial charge in [0, 0.05) is 0 Å². The first-order valence-corrected chi connectivity index (χ1v) is 3.13. The van der Waals surface area contributed by atoms with Crippen LogP contribution in [0.1, 0.15) is 0 Å². The molecule has 0 saturated heterocycles. The molecule has 0 N–H and O–H groups in total. The van der Waals surface area contributed by atoms with E-state index in [9.17, 15) is 17.4 Å². The van der Waals surface area contributed by atoms with Crippen molar-refractivity contribution in [3.05, 3.63) is 0 Å². The minimum absolute atomic E-state index is 0. The number of halogens is 1. The Morgan fingerprint density at radius 3 is 1.88 bits per heavy atom. The van der Waals surface area contributed by atoms with Crippen LogP contribution >= 0.6 is 0 Å². The molecule has 0 aliphatic carbocycles. The van der Waals surface area contributed by atoms with Crippen molar-refractivity contribution in [2.45, 2.75) is 0 Å². The molecule has 0 aromatic carbocycles. The number of alkyl halides is 1. The predicted octanol–water partition coefficient (Wildman–Crippen LogP) is -3.49. The van der Waals surface area contributed by atoms with E-state index in [2.05, 4.69) is 0 Å². The van der Waals surface area contributed by atoms with Gasteiger partial charge in [-0.1, -0.05) is 0 Å². The Balaban J connectivity index is 0. The van der Waals surface area contributed by atoms with Gasteiger partial charge in [0.25, 0.3) is 0 Å². The molecule has 0 radical (unpaired) electrons. The Morgan fingerprint density at radius 1 is 1.50 bits per heavy atom. The predicted molar refractivity (Wildman–Crippen MR) is 20.5 cm³/mol. The van der Waals surface area contributed by atoms with Crippen LogP contribution in [0, 0.1) is 0 Å². The molecule has 0 spiro atoms. The SMILES string of the molecule is O=S(=O)([O-])CCF.[Na+]. The van der Waals surface area contributed by atoms with Crippen molar-refractivity contribution < 1.29 is 46.9 Å². The van der Waals surface area contributed by atoms with Crippen molar-refractivity contribution in [1.82, 2.24) is 0 Å². The third-order valence-electron chi connectivity index (χ3n) is 0.327. The molecular formula is C2H4FNaO3S. The quantitative estimate of drug-likeness (QED) is 0.303. The Labute approximate surface area is 69.3 Å². The summed E-state index contributed by atoms with van der Waals surface area (Å²) < 4.78 is 39.2. The van der Waals surface area contributed by atoms with Crippen LogP contribution in [0.5, 0.6) is 0 Å². The fourth-order valence-electron chi connectivity index (χ4n) is 0.0945. The third-order valence-corrected chi connectivity index (χ3v) is 0.981. The minimum atomic E-state index is -4.30. The van der Waals surface area contributed by atoms with Crippen molar-refractivity contribution in [3.63, 3.8) is 0 Å². The van der Waals surface area contributed by atoms with E-state index >= 15 is 0 Å². The van der Waals surface area contributed by atoms with Crippen molar-refractivity contribution in [3.8, 4) is 0 Å². The molecule has 0 saturated carbocycles. The summed E-state index contributed by atoms with van der Waals surface area (Å²) in [4.78, 5) is 0. The first-order chi connectivity index (χ1) is 3.06. The first kappa shape index (κ1) is 11.6. The Morgan fingerprint density at radius 2 is 1.88 bits per heavy atom. The van der Waals surface area contributed by atoms with E-state index in [0.717, 1.165) is 0 Å². The maximum atomic E-state index is 10.9. The van der Waals surface area contributed by atoms with E-state index in [1.54, 1.807) is 0 Å². The summed E-state index contributed by atoms with van der Waals surface area (Å²) in [5.74, 6) is -0.910. The second-order valence-electron chi connectivity index (χ2n) is 0.951. The van der Waals surface area contributed by atoms with E-state index in [0.29, 0.717) is 0 Å². The smallest absolute Gasteiger partial charge is 0.748 e. The largest absolute Gasteiger partial charge is 1.00 e. The Bertz CT molecular complexity index is 130. The van der Waals surface area contributed by atoms with Gasteiger partial charge in [0.15, 0.2) is 0 Å². The number of hydrogen-bond donors (Lipinski definition) is 0. The maximum Gasteiger partial charge on any atom is 1.00 e. The molecule has 0 aliphatic heterocycles. The summed E-state index contributed by atoms with van der Waals surface area (Å²) in [5, 5.41) is 0. The summed E-state index contributed by atoms with van der Waals surface area (Å²) in [7, 11) is -4.30. The molecule has 0 fully saturated rings. The Kier molecular flexibility index (Phi) is 6.81. The molecule has 0 aromatic heterocycles. The van der Waals surface area contributed by atoms with Crippen LogP contribution < -0.4 is 29.6 Å². The molecule has 0 unspecified atom stereocenters. The van der Waals surface area contributed by atoms with Gasteiger partial charge < -0.3 is 4.55 Å². The molecule has 0 atom stereocenters. The van der Waals surface area contributed by atoms with Crippen molar-refractivity contribution in [1.29, 1.82) is 0 Å². The summed E-state index contributed by atoms with van der Waals surface area (Å²) in [6.45, 7) is -1.09. The van der Waals surface area contributed by atoms with Gasteiger partial charge >= 0.3 is 29.6 Å². The molecule has 0 amide bonds. The third kappa shape index (κ3) is 9.96. The van der Waals surface area contributed by atoms with Gasteiger partial charge in [-0.3, -0.25) is 4.39 Å². The van der Waals surface area contributed by atoms with Crippen LogP contribution in [-0.4, -0.2) is 25.4 Å². The number of rotatable bonds is 2. The molecule has 0 aromatic rings. The van der Waals surface area contributed by atoms with E-state index in [4.69, 9.17) is 0 Å². The molecular weight excluding hydrogens is 146 g/mol. The van der Waals surface area contributed by atoms with E-state index in [1.165, 1.54) is 0 Å². The summed E-state index contributed by atoms with van der Waals surface area (Å²) in [5.41, 5.74) is 0. The van der Waals surface area contributed by atoms with Gasteiger partial charge in [0.1, 0.15) is 6.67 Å². The fourth-order valence-corrected chi connectivity index (χ4v) is 0.283. The molecule has 0 aliphatic rings. The van der Waals surface area contributed by atoms with Crippen LogP contribution in [0.3, 0.4) is 0 Å². The Hall–Kier alpha value is 0.840. The van der Waals surface area contributed by atoms with Crippen LogP contribution in [0.25, 0.3) is 0 Å². The van der Waals surface area contributed by atoms with Crippen LogP contribution in [0.2, 0.25) is 0 Å². The molecule has 0 bridgehead atoms. The monoisotopic (exact) mass is 150 g/mol. The van der Waals surface area contributed by atoms with Gasteiger partial charge in [0.05, 0.1) is 15.9 Å². The average Bonchev–Trinajstić information content (AvgIpc) is 1.30. The zero-order valence-electron chi connectivity index (χ0n) is 4.43. The average molecular weight is 150 g/mol. The van der Waals surface area contributed by atoms with Gasteiger partial charge in [-0.25, -0.2) is 8.42 Å². The molecule has 8 heavy (non-hydrogen) atoms. The second-order valence-corrected chi connectivity index (χ2v) is 2.47. The minimum Gasteiger partial charge on any atom is -0.748 e. The van der Waals surface area contributed by atoms with Crippen LogP contribution in [0.15, 0.2) is 0 Å². The van der Waals surface area contributed by atoms with Crippen molar-refractivity contribution >= 4 is 10.1 Å². The van der Waals surface area contributed by atoms with Gasteiger partial charge in [-0.05, 0) is 0 Å². The molecule has 0 heterocycles. The summed E-state index contributed by atoms with van der Waals surface area (Å²) in [6, 6.07) is 0. The van der Waals surface area contributed by atoms with Crippen molar-refractivity contribution in [2.24, 2.45) is 0 Å². The number of hydrogen-bond acceptors (Lipinski definition) is 3. The van der Waals surface area contributed by atoms with Gasteiger partial charge in [0.2, 0.25) is 0 Å². The van der Waals surface area contributed by atoms with E-state index in [-0.39, 0.29) is 29.6 Å². The molecule has 44 valence electrons. The zero-order valence-corrected chi connectivity index (χ0v) is 7.24. The topological polar surface area (TPSA) is 57.2 Å². The molecule has 6 heteroatoms. The van der Waals surface area contributed by atoms with E-state index in [1.807, 2.05) is 0 Å². The normalized spacial score (nSPS) is 10.2. The standard InChI is InChI=1S/C2H5FO3S.Na/c3-1-2-7(4,5)6;/h1-2H2,(H,4,5,6);/q;+1/p-1. The van der Waals surface area contributed by atoms with Crippen LogP contribution in [-0.2, 0) is 10.1 Å². The first-order valence-electron chi connectivity index (χ1n) is 1.56. The summed E-state index contributed by atoms with van der Waals surface area (Å²) in [6.07, 6.45) is 0. The fraction of sp³-hybridized carbons (Fsp3) is 1.00.